The highest BCUT2D eigenvalue weighted by atomic mass is 19.1. The molecule has 2 nitrogen and oxygen atoms in total. The molecule has 3 heteroatoms. The lowest BCUT2D eigenvalue weighted by molar-refractivity contribution is 0.303. The summed E-state index contributed by atoms with van der Waals surface area (Å²) in [7, 11) is 0. The van der Waals surface area contributed by atoms with Crippen molar-refractivity contribution in [1.82, 2.24) is 4.98 Å². The first-order chi connectivity index (χ1) is 13.3. The Kier molecular flexibility index (Phi) is 5.10. The Morgan fingerprint density at radius 3 is 2.56 bits per heavy atom. The fourth-order valence-corrected chi connectivity index (χ4v) is 3.62. The summed E-state index contributed by atoms with van der Waals surface area (Å²) in [6.07, 6.45) is 4.57. The van der Waals surface area contributed by atoms with Crippen LogP contribution in [0.4, 0.5) is 4.39 Å². The molecule has 1 N–H and O–H groups in total. The largest absolute Gasteiger partial charge is 0.493 e. The lowest BCUT2D eigenvalue weighted by Gasteiger charge is -2.09. The molecule has 0 unspecified atom stereocenters. The van der Waals surface area contributed by atoms with Crippen molar-refractivity contribution in [2.75, 3.05) is 6.61 Å². The lowest BCUT2D eigenvalue weighted by Crippen LogP contribution is -1.98. The van der Waals surface area contributed by atoms with E-state index in [1.54, 1.807) is 0 Å². The lowest BCUT2D eigenvalue weighted by atomic mass is 10.0. The molecular weight excluding hydrogens is 337 g/mol. The summed E-state index contributed by atoms with van der Waals surface area (Å²) in [5.74, 6) is 0.337. The number of aromatic amines is 1. The van der Waals surface area contributed by atoms with Crippen LogP contribution >= 0.6 is 0 Å². The number of hydrogen-bond acceptors (Lipinski definition) is 1. The molecular formula is C24H24FNO. The van der Waals surface area contributed by atoms with Gasteiger partial charge in [0.05, 0.1) is 12.1 Å². The van der Waals surface area contributed by atoms with Crippen LogP contribution in [0.5, 0.6) is 5.75 Å². The molecule has 4 rings (SSSR count). The molecule has 0 aliphatic carbocycles. The first-order valence-corrected chi connectivity index (χ1v) is 9.70. The highest BCUT2D eigenvalue weighted by Crippen LogP contribution is 2.35. The Labute approximate surface area is 159 Å². The quantitative estimate of drug-likeness (QED) is 0.349. The molecule has 0 fully saturated rings. The number of fused-ring (bicyclic) bond motifs is 3. The zero-order valence-corrected chi connectivity index (χ0v) is 15.6. The number of aromatic nitrogens is 1. The van der Waals surface area contributed by atoms with Gasteiger partial charge in [0.1, 0.15) is 11.6 Å². The van der Waals surface area contributed by atoms with E-state index >= 15 is 0 Å². The molecule has 0 atom stereocenters. The van der Waals surface area contributed by atoms with Crippen molar-refractivity contribution < 1.29 is 9.13 Å². The van der Waals surface area contributed by atoms with E-state index in [1.165, 1.54) is 18.9 Å². The molecule has 0 aliphatic rings. The number of benzene rings is 3. The van der Waals surface area contributed by atoms with E-state index in [-0.39, 0.29) is 5.82 Å². The average Bonchev–Trinajstić information content (AvgIpc) is 3.07. The Morgan fingerprint density at radius 2 is 1.70 bits per heavy atom. The van der Waals surface area contributed by atoms with E-state index in [0.29, 0.717) is 17.9 Å². The van der Waals surface area contributed by atoms with Crippen LogP contribution < -0.4 is 4.74 Å². The van der Waals surface area contributed by atoms with Gasteiger partial charge in [-0.05, 0) is 24.6 Å². The van der Waals surface area contributed by atoms with Gasteiger partial charge in [0.25, 0.3) is 0 Å². The van der Waals surface area contributed by atoms with Crippen LogP contribution in [0.3, 0.4) is 0 Å². The van der Waals surface area contributed by atoms with Crippen LogP contribution in [0.1, 0.15) is 32.6 Å². The second kappa shape index (κ2) is 7.83. The van der Waals surface area contributed by atoms with Gasteiger partial charge in [-0.3, -0.25) is 0 Å². The van der Waals surface area contributed by atoms with Crippen LogP contribution in [-0.2, 0) is 0 Å². The maximum absolute atomic E-state index is 14.9. The summed E-state index contributed by atoms with van der Waals surface area (Å²) >= 11 is 0. The second-order valence-corrected chi connectivity index (χ2v) is 6.95. The number of unbranched alkanes of at least 4 members (excludes halogenated alkanes) is 3. The number of rotatable bonds is 7. The van der Waals surface area contributed by atoms with Gasteiger partial charge in [-0.25, -0.2) is 4.39 Å². The molecule has 0 spiro atoms. The molecule has 0 amide bonds. The third-order valence-corrected chi connectivity index (χ3v) is 5.04. The van der Waals surface area contributed by atoms with Crippen LogP contribution in [0, 0.1) is 5.82 Å². The van der Waals surface area contributed by atoms with E-state index in [1.807, 2.05) is 42.5 Å². The monoisotopic (exact) mass is 361 g/mol. The molecule has 0 radical (unpaired) electrons. The minimum atomic E-state index is -0.257. The minimum absolute atomic E-state index is 0.257. The van der Waals surface area contributed by atoms with Crippen molar-refractivity contribution in [1.29, 1.82) is 0 Å². The molecule has 0 aliphatic heterocycles. The summed E-state index contributed by atoms with van der Waals surface area (Å²) in [4.78, 5) is 3.44. The zero-order chi connectivity index (χ0) is 18.6. The number of ether oxygens (including phenoxy) is 1. The van der Waals surface area contributed by atoms with Gasteiger partial charge in [-0.2, -0.15) is 0 Å². The molecule has 4 aromatic rings. The Balaban J connectivity index is 1.63. The summed E-state index contributed by atoms with van der Waals surface area (Å²) in [6.45, 7) is 2.82. The predicted octanol–water partition coefficient (Wildman–Crippen LogP) is 7.09. The van der Waals surface area contributed by atoms with Gasteiger partial charge in [-0.15, -0.1) is 0 Å². The fourth-order valence-electron chi connectivity index (χ4n) is 3.62. The van der Waals surface area contributed by atoms with Crippen molar-refractivity contribution in [3.8, 4) is 16.9 Å². The molecule has 138 valence electrons. The highest BCUT2D eigenvalue weighted by Gasteiger charge is 2.13. The standard InChI is InChI=1S/C24H24FNO/c1-2-3-4-7-15-27-17-13-14-18(22(25)16-17)20-10-8-11-21-19-9-5-6-12-23(19)26-24(20)21/h5-6,8-14,16,26H,2-4,7,15H2,1H3. The minimum Gasteiger partial charge on any atom is -0.493 e. The van der Waals surface area contributed by atoms with Gasteiger partial charge < -0.3 is 9.72 Å². The van der Waals surface area contributed by atoms with Gasteiger partial charge in [0, 0.05) is 33.5 Å². The molecule has 1 aromatic heterocycles. The Morgan fingerprint density at radius 1 is 0.852 bits per heavy atom. The van der Waals surface area contributed by atoms with Crippen molar-refractivity contribution in [3.05, 3.63) is 66.5 Å². The van der Waals surface area contributed by atoms with E-state index < -0.39 is 0 Å². The van der Waals surface area contributed by atoms with Crippen molar-refractivity contribution in [2.45, 2.75) is 32.6 Å². The highest BCUT2D eigenvalue weighted by molar-refractivity contribution is 6.11. The van der Waals surface area contributed by atoms with Crippen LogP contribution in [0.25, 0.3) is 32.9 Å². The number of halogens is 1. The van der Waals surface area contributed by atoms with Gasteiger partial charge in [0.2, 0.25) is 0 Å². The van der Waals surface area contributed by atoms with Crippen molar-refractivity contribution >= 4 is 21.8 Å². The first-order valence-electron chi connectivity index (χ1n) is 9.70. The molecule has 0 saturated carbocycles. The number of para-hydroxylation sites is 2. The van der Waals surface area contributed by atoms with Crippen LogP contribution in [-0.4, -0.2) is 11.6 Å². The van der Waals surface area contributed by atoms with E-state index in [4.69, 9.17) is 4.74 Å². The third-order valence-electron chi connectivity index (χ3n) is 5.04. The summed E-state index contributed by atoms with van der Waals surface area (Å²) < 4.78 is 20.6. The molecule has 3 aromatic carbocycles. The normalized spacial score (nSPS) is 11.3. The van der Waals surface area contributed by atoms with E-state index in [9.17, 15) is 4.39 Å². The van der Waals surface area contributed by atoms with Gasteiger partial charge in [-0.1, -0.05) is 62.6 Å². The topological polar surface area (TPSA) is 25.0 Å². The summed E-state index contributed by atoms with van der Waals surface area (Å²) in [6, 6.07) is 19.3. The first kappa shape index (κ1) is 17.6. The molecule has 27 heavy (non-hydrogen) atoms. The fraction of sp³-hybridized carbons (Fsp3) is 0.250. The summed E-state index contributed by atoms with van der Waals surface area (Å²) in [5.41, 5.74) is 3.49. The van der Waals surface area contributed by atoms with Crippen molar-refractivity contribution in [3.63, 3.8) is 0 Å². The maximum atomic E-state index is 14.9. The predicted molar refractivity (Wildman–Crippen MR) is 111 cm³/mol. The average molecular weight is 361 g/mol. The molecule has 0 saturated heterocycles. The SMILES string of the molecule is CCCCCCOc1ccc(-c2cccc3c2[nH]c2ccccc23)c(F)c1. The van der Waals surface area contributed by atoms with Gasteiger partial charge in [0.15, 0.2) is 0 Å². The van der Waals surface area contributed by atoms with Crippen molar-refractivity contribution in [2.24, 2.45) is 0 Å². The maximum Gasteiger partial charge on any atom is 0.134 e. The smallest absolute Gasteiger partial charge is 0.134 e. The van der Waals surface area contributed by atoms with E-state index in [2.05, 4.69) is 24.0 Å². The van der Waals surface area contributed by atoms with E-state index in [0.717, 1.165) is 40.2 Å². The third kappa shape index (κ3) is 3.55. The summed E-state index contributed by atoms with van der Waals surface area (Å²) in [5, 5.41) is 2.26. The number of hydrogen-bond donors (Lipinski definition) is 1. The number of H-pyrrole nitrogens is 1. The van der Waals surface area contributed by atoms with Gasteiger partial charge >= 0.3 is 0 Å². The molecule has 0 bridgehead atoms. The Hall–Kier alpha value is -2.81. The van der Waals surface area contributed by atoms with Crippen LogP contribution in [0.2, 0.25) is 0 Å². The number of nitrogens with one attached hydrogen (secondary N) is 1. The Bertz CT molecular complexity index is 1070. The molecule has 1 heterocycles. The van der Waals surface area contributed by atoms with Crippen LogP contribution in [0.15, 0.2) is 60.7 Å². The second-order valence-electron chi connectivity index (χ2n) is 6.95. The zero-order valence-electron chi connectivity index (χ0n) is 15.6.